The molecule has 86 valence electrons. The molecule has 0 saturated carbocycles. The third-order valence-electron chi connectivity index (χ3n) is 1.76. The van der Waals surface area contributed by atoms with E-state index in [0.29, 0.717) is 6.42 Å². The third-order valence-corrected chi connectivity index (χ3v) is 1.86. The molecule has 0 amide bonds. The van der Waals surface area contributed by atoms with E-state index in [2.05, 4.69) is 4.74 Å². The van der Waals surface area contributed by atoms with Crippen molar-refractivity contribution in [3.8, 4) is 0 Å². The maximum atomic E-state index is 10.5. The molecule has 15 heavy (non-hydrogen) atoms. The average molecular weight is 236 g/mol. The van der Waals surface area contributed by atoms with Gasteiger partial charge in [-0.2, -0.15) is 0 Å². The summed E-state index contributed by atoms with van der Waals surface area (Å²) in [6, 6.07) is 0. The molecule has 0 spiro atoms. The first-order valence-corrected chi connectivity index (χ1v) is 5.11. The predicted octanol–water partition coefficient (Wildman–Crippen LogP) is 3.10. The van der Waals surface area contributed by atoms with E-state index >= 15 is 0 Å². The quantitative estimate of drug-likeness (QED) is 0.294. The Balaban J connectivity index is 4.02. The first-order chi connectivity index (χ1) is 7.07. The summed E-state index contributed by atoms with van der Waals surface area (Å²) in [7, 11) is 0. The summed E-state index contributed by atoms with van der Waals surface area (Å²) in [4.78, 5) is 20.2. The van der Waals surface area contributed by atoms with Crippen molar-refractivity contribution in [1.29, 1.82) is 0 Å². The molecule has 0 heterocycles. The number of unbranched alkanes of at least 4 members (excludes halogenated alkanes) is 3. The van der Waals surface area contributed by atoms with Gasteiger partial charge >= 0.3 is 5.43 Å². The van der Waals surface area contributed by atoms with Crippen LogP contribution >= 0.6 is 11.6 Å². The molecule has 0 aromatic carbocycles. The van der Waals surface area contributed by atoms with E-state index in [0.717, 1.165) is 19.3 Å². The lowest BCUT2D eigenvalue weighted by molar-refractivity contribution is -0.429. The van der Waals surface area contributed by atoms with E-state index in [9.17, 15) is 14.9 Å². The maximum absolute atomic E-state index is 10.5. The van der Waals surface area contributed by atoms with Gasteiger partial charge in [-0.3, -0.25) is 10.1 Å². The Bertz CT molecular complexity index is 252. The third kappa shape index (κ3) is 7.93. The van der Waals surface area contributed by atoms with Gasteiger partial charge in [-0.05, 0) is 18.9 Å². The van der Waals surface area contributed by atoms with Gasteiger partial charge in [0.2, 0.25) is 0 Å². The van der Waals surface area contributed by atoms with Gasteiger partial charge in [0.1, 0.15) is 0 Å². The standard InChI is InChI=1S/C9H14ClNO4/c1-2-3-4-5-6-8(11(13)14)7-15-9(10)12/h6H,2-5,7H2,1H3/b8-6+. The Hall–Kier alpha value is -1.10. The van der Waals surface area contributed by atoms with Gasteiger partial charge in [-0.15, -0.1) is 0 Å². The van der Waals surface area contributed by atoms with E-state index in [4.69, 9.17) is 11.6 Å². The minimum absolute atomic E-state index is 0.125. The summed E-state index contributed by atoms with van der Waals surface area (Å²) in [5.41, 5.74) is -1.16. The molecular weight excluding hydrogens is 222 g/mol. The van der Waals surface area contributed by atoms with Gasteiger partial charge in [-0.1, -0.05) is 19.8 Å². The van der Waals surface area contributed by atoms with Crippen LogP contribution in [-0.4, -0.2) is 17.0 Å². The Morgan fingerprint density at radius 1 is 1.53 bits per heavy atom. The summed E-state index contributed by atoms with van der Waals surface area (Å²) >= 11 is 4.90. The summed E-state index contributed by atoms with van der Waals surface area (Å²) in [6.07, 6.45) is 5.05. The van der Waals surface area contributed by atoms with Crippen LogP contribution in [0.3, 0.4) is 0 Å². The highest BCUT2D eigenvalue weighted by Crippen LogP contribution is 2.05. The van der Waals surface area contributed by atoms with Crippen LogP contribution in [0.4, 0.5) is 4.79 Å². The zero-order valence-corrected chi connectivity index (χ0v) is 9.33. The van der Waals surface area contributed by atoms with E-state index in [1.54, 1.807) is 0 Å². The normalized spacial score (nSPS) is 11.2. The van der Waals surface area contributed by atoms with E-state index in [1.165, 1.54) is 6.08 Å². The topological polar surface area (TPSA) is 69.4 Å². The fourth-order valence-corrected chi connectivity index (χ4v) is 1.03. The summed E-state index contributed by atoms with van der Waals surface area (Å²) in [5.74, 6) is 0. The Morgan fingerprint density at radius 2 is 2.20 bits per heavy atom. The van der Waals surface area contributed by atoms with Crippen molar-refractivity contribution in [2.75, 3.05) is 6.61 Å². The summed E-state index contributed by atoms with van der Waals surface area (Å²) in [5, 5.41) is 10.5. The monoisotopic (exact) mass is 235 g/mol. The highest BCUT2D eigenvalue weighted by atomic mass is 35.5. The fraction of sp³-hybridized carbons (Fsp3) is 0.667. The first kappa shape index (κ1) is 13.9. The second-order valence-corrected chi connectivity index (χ2v) is 3.28. The smallest absolute Gasteiger partial charge is 0.404 e. The molecule has 0 unspecified atom stereocenters. The zero-order valence-electron chi connectivity index (χ0n) is 8.57. The molecule has 0 aromatic rings. The molecule has 0 fully saturated rings. The minimum Gasteiger partial charge on any atom is -0.442 e. The number of hydrogen-bond donors (Lipinski definition) is 0. The molecule has 0 saturated heterocycles. The molecular formula is C9H14ClNO4. The lowest BCUT2D eigenvalue weighted by atomic mass is 10.2. The second kappa shape index (κ2) is 8.23. The van der Waals surface area contributed by atoms with Crippen molar-refractivity contribution in [2.24, 2.45) is 0 Å². The van der Waals surface area contributed by atoms with E-state index in [-0.39, 0.29) is 12.3 Å². The first-order valence-electron chi connectivity index (χ1n) is 4.73. The highest BCUT2D eigenvalue weighted by Gasteiger charge is 2.12. The van der Waals surface area contributed by atoms with E-state index < -0.39 is 10.4 Å². The van der Waals surface area contributed by atoms with Gasteiger partial charge in [-0.25, -0.2) is 4.79 Å². The van der Waals surface area contributed by atoms with Crippen LogP contribution < -0.4 is 0 Å². The van der Waals surface area contributed by atoms with Gasteiger partial charge in [0, 0.05) is 11.6 Å². The van der Waals surface area contributed by atoms with Crippen LogP contribution in [0.5, 0.6) is 0 Å². The second-order valence-electron chi connectivity index (χ2n) is 2.97. The fourth-order valence-electron chi connectivity index (χ4n) is 0.980. The number of nitrogens with zero attached hydrogens (tertiary/aromatic N) is 1. The molecule has 0 aliphatic carbocycles. The van der Waals surface area contributed by atoms with Crippen LogP contribution in [-0.2, 0) is 4.74 Å². The molecule has 0 rings (SSSR count). The molecule has 0 aliphatic heterocycles. The van der Waals surface area contributed by atoms with Crippen LogP contribution in [0.2, 0.25) is 0 Å². The molecule has 6 heteroatoms. The van der Waals surface area contributed by atoms with Crippen molar-refractivity contribution in [3.05, 3.63) is 21.9 Å². The molecule has 0 aromatic heterocycles. The van der Waals surface area contributed by atoms with Crippen LogP contribution in [0.1, 0.15) is 32.6 Å². The summed E-state index contributed by atoms with van der Waals surface area (Å²) < 4.78 is 4.34. The Labute approximate surface area is 93.2 Å². The zero-order chi connectivity index (χ0) is 11.7. The number of nitro groups is 1. The molecule has 0 aliphatic rings. The molecule has 0 radical (unpaired) electrons. The Morgan fingerprint density at radius 3 is 2.67 bits per heavy atom. The molecule has 0 atom stereocenters. The minimum atomic E-state index is -1.03. The number of carbonyl (C=O) groups is 1. The highest BCUT2D eigenvalue weighted by molar-refractivity contribution is 6.61. The van der Waals surface area contributed by atoms with Crippen molar-refractivity contribution in [2.45, 2.75) is 32.6 Å². The number of allylic oxidation sites excluding steroid dienone is 1. The van der Waals surface area contributed by atoms with Crippen LogP contribution in [0.15, 0.2) is 11.8 Å². The number of halogens is 1. The van der Waals surface area contributed by atoms with Crippen LogP contribution in [0.25, 0.3) is 0 Å². The van der Waals surface area contributed by atoms with E-state index in [1.807, 2.05) is 6.92 Å². The van der Waals surface area contributed by atoms with Gasteiger partial charge < -0.3 is 4.74 Å². The van der Waals surface area contributed by atoms with Gasteiger partial charge in [0.25, 0.3) is 5.70 Å². The number of carbonyl (C=O) groups excluding carboxylic acids is 1. The lowest BCUT2D eigenvalue weighted by Crippen LogP contribution is -2.08. The number of ether oxygens (including phenoxy) is 1. The Kier molecular flexibility index (Phi) is 7.62. The van der Waals surface area contributed by atoms with Crippen molar-refractivity contribution < 1.29 is 14.5 Å². The average Bonchev–Trinajstić information content (AvgIpc) is 2.15. The van der Waals surface area contributed by atoms with Crippen LogP contribution in [0, 0.1) is 10.1 Å². The molecule has 0 bridgehead atoms. The van der Waals surface area contributed by atoms with Crippen molar-refractivity contribution in [3.63, 3.8) is 0 Å². The van der Waals surface area contributed by atoms with Gasteiger partial charge in [0.15, 0.2) is 6.61 Å². The largest absolute Gasteiger partial charge is 0.442 e. The SMILES string of the molecule is CCCCC/C=C(\COC(=O)Cl)[N+](=O)[O-]. The van der Waals surface area contributed by atoms with Crippen molar-refractivity contribution >= 4 is 17.0 Å². The maximum Gasteiger partial charge on any atom is 0.404 e. The molecule has 0 N–H and O–H groups in total. The summed E-state index contributed by atoms with van der Waals surface area (Å²) in [6.45, 7) is 1.68. The predicted molar refractivity (Wildman–Crippen MR) is 56.4 cm³/mol. The van der Waals surface area contributed by atoms with Crippen molar-refractivity contribution in [1.82, 2.24) is 0 Å². The molecule has 5 nitrogen and oxygen atoms in total. The number of hydrogen-bond acceptors (Lipinski definition) is 4. The lowest BCUT2D eigenvalue weighted by Gasteiger charge is -1.98. The van der Waals surface area contributed by atoms with Gasteiger partial charge in [0.05, 0.1) is 4.92 Å². The number of rotatable bonds is 7.